The van der Waals surface area contributed by atoms with Gasteiger partial charge in [-0.2, -0.15) is 0 Å². The Morgan fingerprint density at radius 3 is 2.42 bits per heavy atom. The average molecular weight is 324 g/mol. The molecule has 0 radical (unpaired) electrons. The maximum Gasteiger partial charge on any atom is 0.270 e. The van der Waals surface area contributed by atoms with Crippen LogP contribution in [0.25, 0.3) is 0 Å². The molecule has 0 N–H and O–H groups in total. The van der Waals surface area contributed by atoms with Crippen molar-refractivity contribution in [3.63, 3.8) is 0 Å². The van der Waals surface area contributed by atoms with Crippen LogP contribution in [0.1, 0.15) is 32.1 Å². The Balaban J connectivity index is 2.81. The molecule has 1 amide bonds. The maximum absolute atomic E-state index is 12.1. The molecule has 1 aromatic heterocycles. The summed E-state index contributed by atoms with van der Waals surface area (Å²) in [6.07, 6.45) is 1.04. The van der Waals surface area contributed by atoms with Gasteiger partial charge in [-0.15, -0.1) is 11.3 Å². The standard InChI is InChI=1S/C12H18ClNO3S2/c1-5-12(2,3)14(4)10(15)8-9-6-7-11(18-9)19(13,16)17/h6-7H,5,8H2,1-4H3. The van der Waals surface area contributed by atoms with E-state index in [1.165, 1.54) is 6.07 Å². The number of carbonyl (C=O) groups is 1. The van der Waals surface area contributed by atoms with Crippen molar-refractivity contribution in [2.75, 3.05) is 7.05 Å². The van der Waals surface area contributed by atoms with Gasteiger partial charge >= 0.3 is 0 Å². The molecule has 0 saturated heterocycles. The van der Waals surface area contributed by atoms with Crippen LogP contribution in [0.5, 0.6) is 0 Å². The summed E-state index contributed by atoms with van der Waals surface area (Å²) in [6, 6.07) is 3.06. The van der Waals surface area contributed by atoms with Crippen LogP contribution >= 0.6 is 22.0 Å². The molecule has 4 nitrogen and oxygen atoms in total. The molecule has 0 aromatic carbocycles. The highest BCUT2D eigenvalue weighted by molar-refractivity contribution is 8.15. The molecule has 0 unspecified atom stereocenters. The maximum atomic E-state index is 12.1. The predicted molar refractivity (Wildman–Crippen MR) is 78.2 cm³/mol. The fraction of sp³-hybridized carbons (Fsp3) is 0.583. The van der Waals surface area contributed by atoms with Gasteiger partial charge < -0.3 is 4.90 Å². The van der Waals surface area contributed by atoms with Crippen molar-refractivity contribution in [3.05, 3.63) is 17.0 Å². The summed E-state index contributed by atoms with van der Waals surface area (Å²) in [4.78, 5) is 14.5. The highest BCUT2D eigenvalue weighted by Crippen LogP contribution is 2.26. The summed E-state index contributed by atoms with van der Waals surface area (Å²) < 4.78 is 22.4. The van der Waals surface area contributed by atoms with Gasteiger partial charge in [0.2, 0.25) is 5.91 Å². The van der Waals surface area contributed by atoms with E-state index in [9.17, 15) is 13.2 Å². The van der Waals surface area contributed by atoms with Crippen molar-refractivity contribution in [2.24, 2.45) is 0 Å². The Labute approximate surface area is 122 Å². The third-order valence-corrected chi connectivity index (χ3v) is 6.53. The lowest BCUT2D eigenvalue weighted by molar-refractivity contribution is -0.133. The van der Waals surface area contributed by atoms with Gasteiger partial charge in [0.1, 0.15) is 4.21 Å². The number of rotatable bonds is 5. The number of halogens is 1. The Hall–Kier alpha value is -0.590. The van der Waals surface area contributed by atoms with E-state index >= 15 is 0 Å². The first-order valence-electron chi connectivity index (χ1n) is 5.88. The van der Waals surface area contributed by atoms with Crippen LogP contribution in [0.2, 0.25) is 0 Å². The van der Waals surface area contributed by atoms with Crippen LogP contribution in [0.3, 0.4) is 0 Å². The molecule has 0 aliphatic heterocycles. The Kier molecular flexibility index (Phi) is 5.03. The molecule has 1 aromatic rings. The topological polar surface area (TPSA) is 54.5 Å². The number of likely N-dealkylation sites (N-methyl/N-ethyl adjacent to an activating group) is 1. The minimum Gasteiger partial charge on any atom is -0.340 e. The molecule has 0 aliphatic rings. The second-order valence-corrected chi connectivity index (χ2v) is 8.92. The predicted octanol–water partition coefficient (Wildman–Crippen LogP) is 2.87. The monoisotopic (exact) mass is 323 g/mol. The van der Waals surface area contributed by atoms with Crippen LogP contribution in [-0.2, 0) is 20.3 Å². The molecule has 0 aliphatic carbocycles. The van der Waals surface area contributed by atoms with Crippen molar-refractivity contribution in [1.29, 1.82) is 0 Å². The second kappa shape index (κ2) is 5.81. The zero-order valence-electron chi connectivity index (χ0n) is 11.4. The van der Waals surface area contributed by atoms with Crippen molar-refractivity contribution in [3.8, 4) is 0 Å². The third-order valence-electron chi connectivity index (χ3n) is 3.35. The van der Waals surface area contributed by atoms with Crippen molar-refractivity contribution >= 4 is 37.0 Å². The van der Waals surface area contributed by atoms with E-state index < -0.39 is 9.05 Å². The van der Waals surface area contributed by atoms with Gasteiger partial charge in [0.05, 0.1) is 6.42 Å². The first-order chi connectivity index (χ1) is 8.58. The van der Waals surface area contributed by atoms with Crippen LogP contribution in [-0.4, -0.2) is 31.8 Å². The number of thiophene rings is 1. The van der Waals surface area contributed by atoms with Gasteiger partial charge in [-0.3, -0.25) is 4.79 Å². The highest BCUT2D eigenvalue weighted by atomic mass is 35.7. The minimum atomic E-state index is -3.71. The number of hydrogen-bond acceptors (Lipinski definition) is 4. The van der Waals surface area contributed by atoms with E-state index in [0.29, 0.717) is 4.88 Å². The lowest BCUT2D eigenvalue weighted by Crippen LogP contribution is -2.45. The van der Waals surface area contributed by atoms with E-state index in [1.54, 1.807) is 18.0 Å². The molecule has 0 saturated carbocycles. The first kappa shape index (κ1) is 16.5. The molecule has 1 heterocycles. The molecule has 19 heavy (non-hydrogen) atoms. The van der Waals surface area contributed by atoms with E-state index in [4.69, 9.17) is 10.7 Å². The zero-order valence-corrected chi connectivity index (χ0v) is 13.8. The normalized spacial score (nSPS) is 12.5. The van der Waals surface area contributed by atoms with E-state index in [0.717, 1.165) is 17.8 Å². The van der Waals surface area contributed by atoms with Crippen molar-refractivity contribution < 1.29 is 13.2 Å². The number of nitrogens with zero attached hydrogens (tertiary/aromatic N) is 1. The van der Waals surface area contributed by atoms with Crippen LogP contribution in [0.4, 0.5) is 0 Å². The summed E-state index contributed by atoms with van der Waals surface area (Å²) in [5.41, 5.74) is -0.213. The van der Waals surface area contributed by atoms with E-state index in [1.807, 2.05) is 20.8 Å². The number of amides is 1. The number of hydrogen-bond donors (Lipinski definition) is 0. The Bertz CT molecular complexity index is 563. The summed E-state index contributed by atoms with van der Waals surface area (Å²) in [7, 11) is 3.31. The molecular weight excluding hydrogens is 306 g/mol. The lowest BCUT2D eigenvalue weighted by Gasteiger charge is -2.34. The van der Waals surface area contributed by atoms with Gasteiger partial charge in [0.25, 0.3) is 9.05 Å². The molecular formula is C12H18ClNO3S2. The zero-order chi connectivity index (χ0) is 14.8. The van der Waals surface area contributed by atoms with Gasteiger partial charge in [0, 0.05) is 28.1 Å². The van der Waals surface area contributed by atoms with Gasteiger partial charge in [-0.05, 0) is 32.4 Å². The van der Waals surface area contributed by atoms with Gasteiger partial charge in [-0.1, -0.05) is 6.92 Å². The molecule has 1 rings (SSSR count). The fourth-order valence-corrected chi connectivity index (χ4v) is 3.54. The lowest BCUT2D eigenvalue weighted by atomic mass is 9.99. The smallest absolute Gasteiger partial charge is 0.270 e. The largest absolute Gasteiger partial charge is 0.340 e. The molecule has 0 atom stereocenters. The van der Waals surface area contributed by atoms with Gasteiger partial charge in [0.15, 0.2) is 0 Å². The van der Waals surface area contributed by atoms with Crippen molar-refractivity contribution in [2.45, 2.75) is 43.4 Å². The fourth-order valence-electron chi connectivity index (χ4n) is 1.43. The molecule has 0 fully saturated rings. The van der Waals surface area contributed by atoms with E-state index in [2.05, 4.69) is 0 Å². The van der Waals surface area contributed by atoms with E-state index in [-0.39, 0.29) is 22.1 Å². The quantitative estimate of drug-likeness (QED) is 0.783. The van der Waals surface area contributed by atoms with Crippen LogP contribution < -0.4 is 0 Å². The molecule has 108 valence electrons. The van der Waals surface area contributed by atoms with Crippen LogP contribution in [0.15, 0.2) is 16.3 Å². The third kappa shape index (κ3) is 4.19. The molecule has 0 spiro atoms. The Morgan fingerprint density at radius 1 is 1.42 bits per heavy atom. The van der Waals surface area contributed by atoms with Crippen molar-refractivity contribution in [1.82, 2.24) is 4.90 Å². The Morgan fingerprint density at radius 2 is 2.00 bits per heavy atom. The second-order valence-electron chi connectivity index (χ2n) is 4.95. The summed E-state index contributed by atoms with van der Waals surface area (Å²) >= 11 is 1.04. The summed E-state index contributed by atoms with van der Waals surface area (Å²) in [5, 5.41) is 0. The number of carbonyl (C=O) groups excluding carboxylic acids is 1. The summed E-state index contributed by atoms with van der Waals surface area (Å²) in [6.45, 7) is 6.01. The van der Waals surface area contributed by atoms with Gasteiger partial charge in [-0.25, -0.2) is 8.42 Å². The summed E-state index contributed by atoms with van der Waals surface area (Å²) in [5.74, 6) is -0.0350. The average Bonchev–Trinajstić information content (AvgIpc) is 2.76. The first-order valence-corrected chi connectivity index (χ1v) is 9.00. The SMILES string of the molecule is CCC(C)(C)N(C)C(=O)Cc1ccc(S(=O)(=O)Cl)s1. The molecule has 0 bridgehead atoms. The highest BCUT2D eigenvalue weighted by Gasteiger charge is 2.26. The van der Waals surface area contributed by atoms with Crippen LogP contribution in [0, 0.1) is 0 Å². The molecule has 7 heteroatoms. The minimum absolute atomic E-state index is 0.0350.